The van der Waals surface area contributed by atoms with Gasteiger partial charge in [0.2, 0.25) is 17.7 Å². The van der Waals surface area contributed by atoms with Crippen molar-refractivity contribution < 1.29 is 8.83 Å². The van der Waals surface area contributed by atoms with Crippen molar-refractivity contribution in [3.8, 4) is 22.9 Å². The number of nitrogen functional groups attached to an aromatic ring is 1. The lowest BCUT2D eigenvalue weighted by atomic mass is 10.2. The molecule has 0 aliphatic carbocycles. The molecule has 6 aromatic rings. The van der Waals surface area contributed by atoms with Crippen LogP contribution in [0.1, 0.15) is 16.8 Å². The van der Waals surface area contributed by atoms with Gasteiger partial charge in [-0.1, -0.05) is 12.1 Å². The first kappa shape index (κ1) is 21.3. The molecule has 0 atom stereocenters. The van der Waals surface area contributed by atoms with Crippen LogP contribution in [0.4, 0.5) is 5.95 Å². The first-order valence-corrected chi connectivity index (χ1v) is 10.7. The summed E-state index contributed by atoms with van der Waals surface area (Å²) >= 11 is 0. The Kier molecular flexibility index (Phi) is 5.47. The average molecular weight is 451 g/mol. The first-order valence-electron chi connectivity index (χ1n) is 10.7. The molecule has 168 valence electrons. The summed E-state index contributed by atoms with van der Waals surface area (Å²) in [6, 6.07) is 15.8. The number of hydrogen-bond acceptors (Lipinski definition) is 8. The molecule has 4 heterocycles. The van der Waals surface area contributed by atoms with E-state index in [1.807, 2.05) is 69.3 Å². The molecular formula is C26H22N6O2. The second-order valence-electron chi connectivity index (χ2n) is 8.00. The van der Waals surface area contributed by atoms with Gasteiger partial charge in [-0.25, -0.2) is 19.9 Å². The van der Waals surface area contributed by atoms with Gasteiger partial charge in [0, 0.05) is 24.3 Å². The molecule has 8 nitrogen and oxygen atoms in total. The van der Waals surface area contributed by atoms with Crippen LogP contribution in [0.2, 0.25) is 0 Å². The smallest absolute Gasteiger partial charge is 0.230 e. The highest BCUT2D eigenvalue weighted by atomic mass is 16.4. The summed E-state index contributed by atoms with van der Waals surface area (Å²) in [7, 11) is 0. The van der Waals surface area contributed by atoms with E-state index < -0.39 is 0 Å². The molecule has 0 saturated carbocycles. The zero-order valence-electron chi connectivity index (χ0n) is 19.0. The van der Waals surface area contributed by atoms with Gasteiger partial charge in [-0.2, -0.15) is 0 Å². The molecule has 0 unspecified atom stereocenters. The summed E-state index contributed by atoms with van der Waals surface area (Å²) in [5.74, 6) is 1.37. The second-order valence-corrected chi connectivity index (χ2v) is 8.00. The van der Waals surface area contributed by atoms with Crippen molar-refractivity contribution in [3.05, 3.63) is 83.9 Å². The van der Waals surface area contributed by atoms with Crippen LogP contribution < -0.4 is 5.73 Å². The average Bonchev–Trinajstić information content (AvgIpc) is 3.44. The van der Waals surface area contributed by atoms with Crippen molar-refractivity contribution in [2.24, 2.45) is 0 Å². The normalized spacial score (nSPS) is 10.9. The Morgan fingerprint density at radius 1 is 0.618 bits per heavy atom. The minimum Gasteiger partial charge on any atom is -0.436 e. The van der Waals surface area contributed by atoms with Crippen LogP contribution >= 0.6 is 0 Å². The third-order valence-electron chi connectivity index (χ3n) is 5.16. The Morgan fingerprint density at radius 3 is 2.03 bits per heavy atom. The fraction of sp³-hybridized carbons (Fsp3) is 0.115. The number of anilines is 1. The Labute approximate surface area is 195 Å². The van der Waals surface area contributed by atoms with Crippen molar-refractivity contribution in [1.29, 1.82) is 0 Å². The highest BCUT2D eigenvalue weighted by Gasteiger charge is 2.09. The van der Waals surface area contributed by atoms with Gasteiger partial charge in [0.15, 0.2) is 11.2 Å². The van der Waals surface area contributed by atoms with Crippen LogP contribution in [-0.4, -0.2) is 24.9 Å². The zero-order valence-corrected chi connectivity index (χ0v) is 19.0. The van der Waals surface area contributed by atoms with Gasteiger partial charge in [-0.15, -0.1) is 0 Å². The highest BCUT2D eigenvalue weighted by molar-refractivity contribution is 5.77. The molecule has 0 saturated heterocycles. The monoisotopic (exact) mass is 450 g/mol. The summed E-state index contributed by atoms with van der Waals surface area (Å²) in [6.07, 6.45) is 4.98. The maximum absolute atomic E-state index is 5.70. The lowest BCUT2D eigenvalue weighted by Crippen LogP contribution is -1.93. The quantitative estimate of drug-likeness (QED) is 0.358. The number of hydrogen-bond donors (Lipinski definition) is 1. The molecule has 6 rings (SSSR count). The van der Waals surface area contributed by atoms with E-state index in [0.29, 0.717) is 17.3 Å². The molecule has 2 N–H and O–H groups in total. The number of nitrogens with zero attached hydrogens (tertiary/aromatic N) is 5. The highest BCUT2D eigenvalue weighted by Crippen LogP contribution is 2.25. The molecule has 4 aromatic heterocycles. The molecule has 0 radical (unpaired) electrons. The number of nitrogens with two attached hydrogens (primary N) is 1. The van der Waals surface area contributed by atoms with E-state index in [1.54, 1.807) is 18.6 Å². The predicted molar refractivity (Wildman–Crippen MR) is 131 cm³/mol. The number of pyridine rings is 1. The van der Waals surface area contributed by atoms with Gasteiger partial charge in [0.05, 0.1) is 11.1 Å². The molecular weight excluding hydrogens is 428 g/mol. The molecule has 0 bridgehead atoms. The van der Waals surface area contributed by atoms with Crippen LogP contribution in [0.25, 0.3) is 45.1 Å². The van der Waals surface area contributed by atoms with Gasteiger partial charge in [0.25, 0.3) is 0 Å². The van der Waals surface area contributed by atoms with Crippen LogP contribution in [0, 0.1) is 20.8 Å². The van der Waals surface area contributed by atoms with E-state index in [0.717, 1.165) is 39.0 Å². The molecule has 0 amide bonds. The summed E-state index contributed by atoms with van der Waals surface area (Å²) < 4.78 is 11.3. The van der Waals surface area contributed by atoms with Gasteiger partial charge < -0.3 is 14.6 Å². The predicted octanol–water partition coefficient (Wildman–Crippen LogP) is 5.68. The fourth-order valence-electron chi connectivity index (χ4n) is 3.36. The van der Waals surface area contributed by atoms with Crippen LogP contribution in [0.3, 0.4) is 0 Å². The van der Waals surface area contributed by atoms with E-state index >= 15 is 0 Å². The Hall–Kier alpha value is -4.59. The number of aryl methyl sites for hydroxylation is 3. The number of benzene rings is 2. The van der Waals surface area contributed by atoms with Gasteiger partial charge in [-0.3, -0.25) is 4.98 Å². The summed E-state index contributed by atoms with van der Waals surface area (Å²) in [6.45, 7) is 6.01. The molecule has 0 fully saturated rings. The molecule has 0 spiro atoms. The minimum absolute atomic E-state index is 0.237. The second kappa shape index (κ2) is 8.74. The van der Waals surface area contributed by atoms with Crippen molar-refractivity contribution in [1.82, 2.24) is 24.9 Å². The van der Waals surface area contributed by atoms with E-state index in [1.165, 1.54) is 5.56 Å². The Balaban J connectivity index is 0.000000142. The zero-order chi connectivity index (χ0) is 23.7. The van der Waals surface area contributed by atoms with Crippen molar-refractivity contribution >= 4 is 28.1 Å². The van der Waals surface area contributed by atoms with Crippen molar-refractivity contribution in [2.75, 3.05) is 5.73 Å². The van der Waals surface area contributed by atoms with E-state index in [4.69, 9.17) is 14.6 Å². The molecule has 2 aromatic carbocycles. The van der Waals surface area contributed by atoms with Crippen LogP contribution in [0.15, 0.2) is 76.0 Å². The van der Waals surface area contributed by atoms with E-state index in [9.17, 15) is 0 Å². The largest absolute Gasteiger partial charge is 0.436 e. The maximum Gasteiger partial charge on any atom is 0.230 e. The number of fused-ring (bicyclic) bond motifs is 2. The minimum atomic E-state index is 0.237. The lowest BCUT2D eigenvalue weighted by molar-refractivity contribution is 0.618. The summed E-state index contributed by atoms with van der Waals surface area (Å²) in [5.41, 5.74) is 13.6. The van der Waals surface area contributed by atoms with Gasteiger partial charge in [-0.05, 0) is 68.3 Å². The van der Waals surface area contributed by atoms with Crippen LogP contribution in [-0.2, 0) is 0 Å². The van der Waals surface area contributed by atoms with Gasteiger partial charge in [0.1, 0.15) is 11.0 Å². The number of aromatic nitrogens is 5. The molecule has 8 heteroatoms. The third kappa shape index (κ3) is 4.47. The number of rotatable bonds is 2. The molecule has 0 aliphatic rings. The SMILES string of the molecule is Cc1ccc2nc(-c3cnc(N)nc3)oc2c1.Cc1ccc2oc(-c3ccc(C)nc3)nc2c1. The fourth-order valence-corrected chi connectivity index (χ4v) is 3.36. The standard InChI is InChI=1S/C14H12N2O.C12H10N4O/c1-9-3-6-13-12(7-9)16-14(17-13)11-5-4-10(2)15-8-11;1-7-2-3-9-10(4-7)17-11(16-9)8-5-14-12(13)15-6-8/h3-8H,1-2H3;2-6H,1H3,(H2,13,14,15). The van der Waals surface area contributed by atoms with Crippen LogP contribution in [0.5, 0.6) is 0 Å². The summed E-state index contributed by atoms with van der Waals surface area (Å²) in [5, 5.41) is 0. The van der Waals surface area contributed by atoms with Crippen molar-refractivity contribution in [3.63, 3.8) is 0 Å². The maximum atomic E-state index is 5.70. The van der Waals surface area contributed by atoms with Gasteiger partial charge >= 0.3 is 0 Å². The lowest BCUT2D eigenvalue weighted by Gasteiger charge is -1.94. The van der Waals surface area contributed by atoms with Crippen molar-refractivity contribution in [2.45, 2.75) is 20.8 Å². The topological polar surface area (TPSA) is 117 Å². The molecule has 0 aliphatic heterocycles. The Morgan fingerprint density at radius 2 is 1.26 bits per heavy atom. The number of oxazole rings is 2. The third-order valence-corrected chi connectivity index (χ3v) is 5.16. The Bertz CT molecular complexity index is 1460. The van der Waals surface area contributed by atoms with E-state index in [-0.39, 0.29) is 5.95 Å². The first-order chi connectivity index (χ1) is 16.4. The summed E-state index contributed by atoms with van der Waals surface area (Å²) in [4.78, 5) is 20.9. The van der Waals surface area contributed by atoms with E-state index in [2.05, 4.69) is 24.9 Å². The molecule has 34 heavy (non-hydrogen) atoms.